The lowest BCUT2D eigenvalue weighted by Crippen LogP contribution is -2.48. The normalized spacial score (nSPS) is 15.3. The van der Waals surface area contributed by atoms with Gasteiger partial charge in [-0.05, 0) is 30.3 Å². The van der Waals surface area contributed by atoms with Gasteiger partial charge in [-0.15, -0.1) is 0 Å². The number of carbonyl (C=O) groups is 1. The summed E-state index contributed by atoms with van der Waals surface area (Å²) in [7, 11) is 0. The van der Waals surface area contributed by atoms with Crippen LogP contribution in [0.15, 0.2) is 67.0 Å². The van der Waals surface area contributed by atoms with Crippen LogP contribution in [-0.4, -0.2) is 54.5 Å². The molecule has 5 nitrogen and oxygen atoms in total. The standard InChI is InChI=1S/C21H24N4O/c26-21(18-16-20-8-4-5-10-25(20)17-18)22-9-11-23-12-14-24(15-13-23)19-6-2-1-3-7-19/h1-8,10,16-17H,9,11-15H2,(H,22,26). The van der Waals surface area contributed by atoms with Crippen LogP contribution in [0.4, 0.5) is 5.69 Å². The third-order valence-corrected chi connectivity index (χ3v) is 4.97. The van der Waals surface area contributed by atoms with E-state index in [9.17, 15) is 4.79 Å². The van der Waals surface area contributed by atoms with Crippen molar-refractivity contribution in [2.75, 3.05) is 44.2 Å². The van der Waals surface area contributed by atoms with Crippen LogP contribution in [0.2, 0.25) is 0 Å². The zero-order valence-corrected chi connectivity index (χ0v) is 14.8. The molecule has 134 valence electrons. The van der Waals surface area contributed by atoms with E-state index in [0.29, 0.717) is 12.1 Å². The highest BCUT2D eigenvalue weighted by molar-refractivity contribution is 5.95. The number of hydrogen-bond acceptors (Lipinski definition) is 3. The third kappa shape index (κ3) is 3.73. The van der Waals surface area contributed by atoms with Gasteiger partial charge in [0.25, 0.3) is 5.91 Å². The lowest BCUT2D eigenvalue weighted by Gasteiger charge is -2.36. The summed E-state index contributed by atoms with van der Waals surface area (Å²) < 4.78 is 1.97. The molecular formula is C21H24N4O. The summed E-state index contributed by atoms with van der Waals surface area (Å²) >= 11 is 0. The van der Waals surface area contributed by atoms with Crippen molar-refractivity contribution in [1.29, 1.82) is 0 Å². The van der Waals surface area contributed by atoms with Gasteiger partial charge in [0.2, 0.25) is 0 Å². The van der Waals surface area contributed by atoms with E-state index in [1.807, 2.05) is 41.1 Å². The molecule has 3 heterocycles. The maximum atomic E-state index is 12.3. The largest absolute Gasteiger partial charge is 0.369 e. The monoisotopic (exact) mass is 348 g/mol. The summed E-state index contributed by atoms with van der Waals surface area (Å²) in [5.74, 6) is -0.00313. The molecule has 4 rings (SSSR count). The number of piperazine rings is 1. The zero-order chi connectivity index (χ0) is 17.8. The van der Waals surface area contributed by atoms with Crippen LogP contribution in [0.3, 0.4) is 0 Å². The number of carbonyl (C=O) groups excluding carboxylic acids is 1. The number of nitrogens with one attached hydrogen (secondary N) is 1. The topological polar surface area (TPSA) is 40.0 Å². The average Bonchev–Trinajstić information content (AvgIpc) is 3.13. The Kier molecular flexibility index (Phi) is 4.88. The number of para-hydroxylation sites is 1. The van der Waals surface area contributed by atoms with Crippen molar-refractivity contribution in [3.63, 3.8) is 0 Å². The van der Waals surface area contributed by atoms with Crippen LogP contribution in [0.1, 0.15) is 10.4 Å². The van der Waals surface area contributed by atoms with Gasteiger partial charge in [0, 0.05) is 62.9 Å². The molecule has 0 bridgehead atoms. The van der Waals surface area contributed by atoms with Crippen molar-refractivity contribution in [3.05, 3.63) is 72.6 Å². The van der Waals surface area contributed by atoms with Gasteiger partial charge in [0.05, 0.1) is 5.56 Å². The number of benzene rings is 1. The minimum absolute atomic E-state index is 0.00313. The fourth-order valence-corrected chi connectivity index (χ4v) is 3.48. The van der Waals surface area contributed by atoms with E-state index in [1.54, 1.807) is 0 Å². The fourth-order valence-electron chi connectivity index (χ4n) is 3.48. The Morgan fingerprint density at radius 1 is 0.962 bits per heavy atom. The Labute approximate surface area is 153 Å². The number of anilines is 1. The third-order valence-electron chi connectivity index (χ3n) is 4.97. The molecule has 1 saturated heterocycles. The van der Waals surface area contributed by atoms with Crippen molar-refractivity contribution >= 4 is 17.1 Å². The number of amides is 1. The Bertz CT molecular complexity index is 833. The van der Waals surface area contributed by atoms with Gasteiger partial charge in [-0.25, -0.2) is 0 Å². The van der Waals surface area contributed by atoms with Crippen molar-refractivity contribution in [2.24, 2.45) is 0 Å². The molecule has 0 aliphatic carbocycles. The second-order valence-corrected chi connectivity index (χ2v) is 6.68. The Hall–Kier alpha value is -2.79. The summed E-state index contributed by atoms with van der Waals surface area (Å²) in [4.78, 5) is 17.2. The Balaban J connectivity index is 1.23. The van der Waals surface area contributed by atoms with Crippen molar-refractivity contribution in [3.8, 4) is 0 Å². The first-order valence-electron chi connectivity index (χ1n) is 9.17. The van der Waals surface area contributed by atoms with Crippen LogP contribution >= 0.6 is 0 Å². The van der Waals surface area contributed by atoms with Gasteiger partial charge in [-0.1, -0.05) is 24.3 Å². The number of fused-ring (bicyclic) bond motifs is 1. The molecule has 1 amide bonds. The fraction of sp³-hybridized carbons (Fsp3) is 0.286. The highest BCUT2D eigenvalue weighted by atomic mass is 16.1. The molecule has 0 atom stereocenters. The molecule has 1 N–H and O–H groups in total. The summed E-state index contributed by atoms with van der Waals surface area (Å²) in [6.07, 6.45) is 3.83. The van der Waals surface area contributed by atoms with Gasteiger partial charge < -0.3 is 14.6 Å². The van der Waals surface area contributed by atoms with Crippen LogP contribution in [0, 0.1) is 0 Å². The van der Waals surface area contributed by atoms with Gasteiger partial charge in [-0.2, -0.15) is 0 Å². The van der Waals surface area contributed by atoms with E-state index in [2.05, 4.69) is 45.4 Å². The highest BCUT2D eigenvalue weighted by Crippen LogP contribution is 2.15. The van der Waals surface area contributed by atoms with Crippen molar-refractivity contribution in [1.82, 2.24) is 14.6 Å². The molecule has 0 spiro atoms. The molecule has 1 aliphatic heterocycles. The second kappa shape index (κ2) is 7.62. The molecular weight excluding hydrogens is 324 g/mol. The average molecular weight is 348 g/mol. The van der Waals surface area contributed by atoms with E-state index in [0.717, 1.165) is 38.2 Å². The van der Waals surface area contributed by atoms with Crippen LogP contribution in [0.5, 0.6) is 0 Å². The second-order valence-electron chi connectivity index (χ2n) is 6.68. The van der Waals surface area contributed by atoms with Crippen LogP contribution in [0.25, 0.3) is 5.52 Å². The molecule has 1 aromatic carbocycles. The van der Waals surface area contributed by atoms with E-state index in [-0.39, 0.29) is 5.91 Å². The maximum absolute atomic E-state index is 12.3. The molecule has 2 aromatic heterocycles. The summed E-state index contributed by atoms with van der Waals surface area (Å²) in [5, 5.41) is 3.04. The van der Waals surface area contributed by atoms with Gasteiger partial charge in [0.1, 0.15) is 0 Å². The number of hydrogen-bond donors (Lipinski definition) is 1. The minimum atomic E-state index is -0.00313. The summed E-state index contributed by atoms with van der Waals surface area (Å²) in [6, 6.07) is 18.4. The van der Waals surface area contributed by atoms with Crippen molar-refractivity contribution < 1.29 is 4.79 Å². The lowest BCUT2D eigenvalue weighted by atomic mass is 10.2. The highest BCUT2D eigenvalue weighted by Gasteiger charge is 2.17. The zero-order valence-electron chi connectivity index (χ0n) is 14.8. The molecule has 3 aromatic rings. The van der Waals surface area contributed by atoms with E-state index >= 15 is 0 Å². The maximum Gasteiger partial charge on any atom is 0.252 e. The Morgan fingerprint density at radius 2 is 1.73 bits per heavy atom. The van der Waals surface area contributed by atoms with E-state index in [1.165, 1.54) is 5.69 Å². The predicted octanol–water partition coefficient (Wildman–Crippen LogP) is 2.49. The number of rotatable bonds is 5. The minimum Gasteiger partial charge on any atom is -0.369 e. The van der Waals surface area contributed by atoms with Crippen molar-refractivity contribution in [2.45, 2.75) is 0 Å². The molecule has 0 radical (unpaired) electrons. The number of pyridine rings is 1. The first-order valence-corrected chi connectivity index (χ1v) is 9.17. The molecule has 5 heteroatoms. The first kappa shape index (κ1) is 16.7. The van der Waals surface area contributed by atoms with Gasteiger partial charge in [-0.3, -0.25) is 9.69 Å². The quantitative estimate of drug-likeness (QED) is 0.770. The molecule has 1 aliphatic rings. The molecule has 0 unspecified atom stereocenters. The molecule has 1 fully saturated rings. The molecule has 26 heavy (non-hydrogen) atoms. The summed E-state index contributed by atoms with van der Waals surface area (Å²) in [6.45, 7) is 5.69. The lowest BCUT2D eigenvalue weighted by molar-refractivity contribution is 0.0948. The summed E-state index contributed by atoms with van der Waals surface area (Å²) in [5.41, 5.74) is 3.04. The molecule has 0 saturated carbocycles. The smallest absolute Gasteiger partial charge is 0.252 e. The Morgan fingerprint density at radius 3 is 2.50 bits per heavy atom. The van der Waals surface area contributed by atoms with Crippen LogP contribution < -0.4 is 10.2 Å². The van der Waals surface area contributed by atoms with Crippen LogP contribution in [-0.2, 0) is 0 Å². The first-order chi connectivity index (χ1) is 12.8. The number of aromatic nitrogens is 1. The van der Waals surface area contributed by atoms with E-state index in [4.69, 9.17) is 0 Å². The van der Waals surface area contributed by atoms with E-state index < -0.39 is 0 Å². The predicted molar refractivity (Wildman–Crippen MR) is 105 cm³/mol. The van der Waals surface area contributed by atoms with Gasteiger partial charge >= 0.3 is 0 Å². The van der Waals surface area contributed by atoms with Gasteiger partial charge in [0.15, 0.2) is 0 Å². The number of nitrogens with zero attached hydrogens (tertiary/aromatic N) is 3. The SMILES string of the molecule is O=C(NCCN1CCN(c2ccccc2)CC1)c1cc2ccccn2c1.